The maximum Gasteiger partial charge on any atom is 0.336 e. The molecule has 0 aliphatic carbocycles. The maximum absolute atomic E-state index is 11.3. The molecule has 0 unspecified atom stereocenters. The number of hydrogen-bond donors (Lipinski definition) is 2. The van der Waals surface area contributed by atoms with Crippen molar-refractivity contribution in [2.75, 3.05) is 0 Å². The van der Waals surface area contributed by atoms with Crippen LogP contribution in [0.5, 0.6) is 0 Å². The van der Waals surface area contributed by atoms with Gasteiger partial charge in [0, 0.05) is 11.1 Å². The van der Waals surface area contributed by atoms with E-state index in [0.717, 1.165) is 11.1 Å². The number of carbonyl (C=O) groups is 1. The molecule has 0 saturated heterocycles. The Kier molecular flexibility index (Phi) is 4.35. The molecule has 120 valence electrons. The van der Waals surface area contributed by atoms with Crippen molar-refractivity contribution in [2.24, 2.45) is 5.10 Å². The number of carboxylic acid groups (broad SMARTS) is 1. The van der Waals surface area contributed by atoms with E-state index in [2.05, 4.69) is 15.3 Å². The van der Waals surface area contributed by atoms with Crippen LogP contribution in [0, 0.1) is 11.7 Å². The molecule has 0 saturated carbocycles. The number of nitrogens with one attached hydrogen (secondary N) is 1. The second-order valence-electron chi connectivity index (χ2n) is 5.12. The minimum absolute atomic E-state index is 0.175. The lowest BCUT2D eigenvalue weighted by Crippen LogP contribution is -2.02. The molecule has 0 aliphatic rings. The molecule has 3 aromatic rings. The van der Waals surface area contributed by atoms with Crippen molar-refractivity contribution in [1.82, 2.24) is 14.9 Å². The number of nitrogens with zero attached hydrogens (tertiary/aromatic N) is 3. The first-order valence-electron chi connectivity index (χ1n) is 7.18. The second kappa shape index (κ2) is 6.59. The number of H-pyrrole nitrogens is 1. The van der Waals surface area contributed by atoms with Gasteiger partial charge >= 0.3 is 5.97 Å². The van der Waals surface area contributed by atoms with Crippen LogP contribution in [0.15, 0.2) is 53.6 Å². The molecule has 0 atom stereocenters. The fourth-order valence-corrected chi connectivity index (χ4v) is 2.50. The highest BCUT2D eigenvalue weighted by molar-refractivity contribution is 7.71. The summed E-state index contributed by atoms with van der Waals surface area (Å²) < 4.78 is 1.81. The maximum atomic E-state index is 11.3. The number of rotatable bonds is 4. The van der Waals surface area contributed by atoms with Crippen LogP contribution in [0.4, 0.5) is 0 Å². The molecule has 1 heterocycles. The molecule has 6 nitrogen and oxygen atoms in total. The molecule has 0 aliphatic heterocycles. The molecule has 0 bridgehead atoms. The number of aromatic carboxylic acids is 1. The smallest absolute Gasteiger partial charge is 0.336 e. The van der Waals surface area contributed by atoms with Crippen LogP contribution in [-0.2, 0) is 0 Å². The zero-order chi connectivity index (χ0) is 17.1. The Bertz CT molecular complexity index is 988. The van der Waals surface area contributed by atoms with Gasteiger partial charge in [0.2, 0.25) is 4.77 Å². The van der Waals surface area contributed by atoms with E-state index >= 15 is 0 Å². The van der Waals surface area contributed by atoms with Crippen LogP contribution in [0.1, 0.15) is 21.5 Å². The van der Waals surface area contributed by atoms with E-state index in [4.69, 9.17) is 12.2 Å². The van der Waals surface area contributed by atoms with Crippen molar-refractivity contribution in [1.29, 1.82) is 0 Å². The Balaban J connectivity index is 2.07. The summed E-state index contributed by atoms with van der Waals surface area (Å²) in [4.78, 5) is 11.3. The van der Waals surface area contributed by atoms with Crippen molar-refractivity contribution < 1.29 is 9.90 Å². The molecule has 2 aromatic carbocycles. The molecule has 0 fully saturated rings. The van der Waals surface area contributed by atoms with Gasteiger partial charge in [0.15, 0.2) is 5.82 Å². The first-order chi connectivity index (χ1) is 11.6. The van der Waals surface area contributed by atoms with Crippen LogP contribution in [0.25, 0.3) is 11.4 Å². The molecule has 3 rings (SSSR count). The molecule has 1 aromatic heterocycles. The van der Waals surface area contributed by atoms with Crippen molar-refractivity contribution in [3.8, 4) is 11.4 Å². The molecule has 0 spiro atoms. The minimum atomic E-state index is -1.01. The first kappa shape index (κ1) is 15.8. The molecule has 24 heavy (non-hydrogen) atoms. The number of carboxylic acids is 1. The topological polar surface area (TPSA) is 83.3 Å². The molecule has 7 heteroatoms. The van der Waals surface area contributed by atoms with Gasteiger partial charge < -0.3 is 5.11 Å². The third-order valence-electron chi connectivity index (χ3n) is 3.54. The monoisotopic (exact) mass is 338 g/mol. The largest absolute Gasteiger partial charge is 0.478 e. The van der Waals surface area contributed by atoms with E-state index < -0.39 is 5.97 Å². The van der Waals surface area contributed by atoms with Crippen molar-refractivity contribution in [3.05, 3.63) is 70.0 Å². The fraction of sp³-hybridized carbons (Fsp3) is 0.0588. The van der Waals surface area contributed by atoms with Gasteiger partial charge in [0.1, 0.15) is 0 Å². The number of aromatic amines is 1. The standard InChI is InChI=1S/C17H14N4O2S/c1-11-6-2-4-8-13(11)15-19-20-17(24)21(15)18-10-12-7-3-5-9-14(12)16(22)23/h2-10H,1H3,(H,20,24)(H,22,23)/b18-10+. The van der Waals surface area contributed by atoms with Crippen LogP contribution < -0.4 is 0 Å². The highest BCUT2D eigenvalue weighted by Crippen LogP contribution is 2.21. The molecule has 0 radical (unpaired) electrons. The van der Waals surface area contributed by atoms with Crippen LogP contribution in [-0.4, -0.2) is 32.2 Å². The van der Waals surface area contributed by atoms with Gasteiger partial charge in [-0.25, -0.2) is 9.89 Å². The average molecular weight is 338 g/mol. The second-order valence-corrected chi connectivity index (χ2v) is 5.50. The molecular weight excluding hydrogens is 324 g/mol. The van der Waals surface area contributed by atoms with Gasteiger partial charge in [-0.1, -0.05) is 42.5 Å². The predicted molar refractivity (Wildman–Crippen MR) is 94.0 cm³/mol. The summed E-state index contributed by atoms with van der Waals surface area (Å²) in [5.41, 5.74) is 2.60. The zero-order valence-corrected chi connectivity index (χ0v) is 13.6. The van der Waals surface area contributed by atoms with E-state index in [1.165, 1.54) is 17.0 Å². The van der Waals surface area contributed by atoms with Gasteiger partial charge in [0.05, 0.1) is 11.8 Å². The molecular formula is C17H14N4O2S. The summed E-state index contributed by atoms with van der Waals surface area (Å²) in [6.07, 6.45) is 1.47. The predicted octanol–water partition coefficient (Wildman–Crippen LogP) is 3.50. The quantitative estimate of drug-likeness (QED) is 0.563. The summed E-state index contributed by atoms with van der Waals surface area (Å²) in [5.74, 6) is -0.436. The van der Waals surface area contributed by atoms with E-state index in [0.29, 0.717) is 16.2 Å². The molecule has 2 N–H and O–H groups in total. The third-order valence-corrected chi connectivity index (χ3v) is 3.80. The van der Waals surface area contributed by atoms with E-state index in [-0.39, 0.29) is 5.56 Å². The van der Waals surface area contributed by atoms with E-state index in [9.17, 15) is 9.90 Å². The van der Waals surface area contributed by atoms with Crippen LogP contribution >= 0.6 is 12.2 Å². The Hall–Kier alpha value is -3.06. The number of aryl methyl sites for hydroxylation is 1. The summed E-state index contributed by atoms with van der Waals surface area (Å²) in [5, 5.41) is 20.5. The Morgan fingerprint density at radius 3 is 2.71 bits per heavy atom. The van der Waals surface area contributed by atoms with Gasteiger partial charge in [0.25, 0.3) is 0 Å². The Labute approximate surface area is 143 Å². The van der Waals surface area contributed by atoms with Crippen molar-refractivity contribution in [2.45, 2.75) is 6.92 Å². The summed E-state index contributed by atoms with van der Waals surface area (Å²) >= 11 is 5.23. The lowest BCUT2D eigenvalue weighted by Gasteiger charge is -2.04. The van der Waals surface area contributed by atoms with E-state index in [1.807, 2.05) is 31.2 Å². The van der Waals surface area contributed by atoms with Gasteiger partial charge in [-0.15, -0.1) is 0 Å². The number of benzene rings is 2. The normalized spacial score (nSPS) is 11.0. The SMILES string of the molecule is Cc1ccccc1-c1n[nH]c(=S)n1/N=C/c1ccccc1C(=O)O. The van der Waals surface area contributed by atoms with Crippen molar-refractivity contribution >= 4 is 24.4 Å². The number of hydrogen-bond acceptors (Lipinski definition) is 4. The fourth-order valence-electron chi connectivity index (χ4n) is 2.32. The number of aromatic nitrogens is 3. The molecule has 0 amide bonds. The van der Waals surface area contributed by atoms with E-state index in [1.54, 1.807) is 18.2 Å². The average Bonchev–Trinajstić information content (AvgIpc) is 2.94. The van der Waals surface area contributed by atoms with Crippen LogP contribution in [0.3, 0.4) is 0 Å². The highest BCUT2D eigenvalue weighted by Gasteiger charge is 2.11. The lowest BCUT2D eigenvalue weighted by molar-refractivity contribution is 0.0697. The van der Waals surface area contributed by atoms with Gasteiger partial charge in [-0.05, 0) is 30.8 Å². The Morgan fingerprint density at radius 1 is 1.25 bits per heavy atom. The van der Waals surface area contributed by atoms with Gasteiger partial charge in [-0.3, -0.25) is 0 Å². The van der Waals surface area contributed by atoms with Crippen LogP contribution in [0.2, 0.25) is 0 Å². The summed E-state index contributed by atoms with van der Waals surface area (Å²) in [6, 6.07) is 14.4. The summed E-state index contributed by atoms with van der Waals surface area (Å²) in [6.45, 7) is 1.97. The van der Waals surface area contributed by atoms with Gasteiger partial charge in [-0.2, -0.15) is 14.9 Å². The Morgan fingerprint density at radius 2 is 1.96 bits per heavy atom. The summed E-state index contributed by atoms with van der Waals surface area (Å²) in [7, 11) is 0. The van der Waals surface area contributed by atoms with Crippen molar-refractivity contribution in [3.63, 3.8) is 0 Å². The third kappa shape index (κ3) is 3.02. The minimum Gasteiger partial charge on any atom is -0.478 e. The highest BCUT2D eigenvalue weighted by atomic mass is 32.1. The zero-order valence-electron chi connectivity index (χ0n) is 12.8. The first-order valence-corrected chi connectivity index (χ1v) is 7.59. The lowest BCUT2D eigenvalue weighted by atomic mass is 10.1.